The molecule has 0 unspecified atom stereocenters. The number of nitrogens with two attached hydrogens (primary N) is 1. The first-order valence-electron chi connectivity index (χ1n) is 5.90. The number of primary amides is 1. The first-order valence-corrected chi connectivity index (χ1v) is 5.90. The van der Waals surface area contributed by atoms with Crippen LogP contribution < -0.4 is 5.73 Å². The molecule has 2 aromatic rings. The first-order chi connectivity index (χ1) is 9.56. The summed E-state index contributed by atoms with van der Waals surface area (Å²) in [6.45, 7) is 0. The molecule has 6 heteroatoms. The van der Waals surface area contributed by atoms with Gasteiger partial charge in [0.1, 0.15) is 5.69 Å². The van der Waals surface area contributed by atoms with E-state index < -0.39 is 5.97 Å². The molecular formula is C14H13N3O3. The maximum atomic E-state index is 10.8. The highest BCUT2D eigenvalue weighted by Gasteiger charge is 2.08. The molecule has 4 N–H and O–H groups in total. The minimum Gasteiger partial charge on any atom is -0.477 e. The van der Waals surface area contributed by atoms with Gasteiger partial charge in [-0.2, -0.15) is 5.10 Å². The fourth-order valence-corrected chi connectivity index (χ4v) is 1.66. The molecule has 1 aromatic heterocycles. The van der Waals surface area contributed by atoms with E-state index in [1.54, 1.807) is 12.2 Å². The number of nitrogens with zero attached hydrogens (tertiary/aromatic N) is 1. The SMILES string of the molecule is NC(=O)CC=Cc1ccc(-c2cc(C(=O)O)[nH]n2)cc1. The van der Waals surface area contributed by atoms with Crippen molar-refractivity contribution in [3.8, 4) is 11.3 Å². The number of aromatic amines is 1. The summed E-state index contributed by atoms with van der Waals surface area (Å²) in [5, 5.41) is 15.2. The number of hydrogen-bond acceptors (Lipinski definition) is 3. The molecule has 1 amide bonds. The largest absolute Gasteiger partial charge is 0.477 e. The van der Waals surface area contributed by atoms with Crippen LogP contribution in [-0.2, 0) is 4.79 Å². The van der Waals surface area contributed by atoms with Crippen molar-refractivity contribution < 1.29 is 14.7 Å². The van der Waals surface area contributed by atoms with E-state index in [-0.39, 0.29) is 18.0 Å². The molecule has 0 fully saturated rings. The molecule has 102 valence electrons. The third kappa shape index (κ3) is 3.32. The number of carboxylic acid groups (broad SMARTS) is 1. The first kappa shape index (κ1) is 13.5. The lowest BCUT2D eigenvalue weighted by Crippen LogP contribution is -2.07. The minimum absolute atomic E-state index is 0.0467. The molecule has 0 aliphatic heterocycles. The van der Waals surface area contributed by atoms with Gasteiger partial charge in [-0.3, -0.25) is 9.89 Å². The monoisotopic (exact) mass is 271 g/mol. The van der Waals surface area contributed by atoms with E-state index in [1.165, 1.54) is 6.07 Å². The highest BCUT2D eigenvalue weighted by atomic mass is 16.4. The second-order valence-corrected chi connectivity index (χ2v) is 4.17. The normalized spacial score (nSPS) is 10.8. The van der Waals surface area contributed by atoms with Crippen molar-refractivity contribution in [3.63, 3.8) is 0 Å². The number of carbonyl (C=O) groups is 2. The zero-order chi connectivity index (χ0) is 14.5. The second-order valence-electron chi connectivity index (χ2n) is 4.17. The molecule has 0 saturated heterocycles. The average molecular weight is 271 g/mol. The quantitative estimate of drug-likeness (QED) is 0.768. The van der Waals surface area contributed by atoms with Crippen LogP contribution in [-0.4, -0.2) is 27.2 Å². The summed E-state index contributed by atoms with van der Waals surface area (Å²) in [5.74, 6) is -1.43. The molecule has 0 aliphatic carbocycles. The van der Waals surface area contributed by atoms with Crippen LogP contribution in [0.25, 0.3) is 17.3 Å². The summed E-state index contributed by atoms with van der Waals surface area (Å²) in [4.78, 5) is 21.4. The molecule has 1 aromatic carbocycles. The van der Waals surface area contributed by atoms with Gasteiger partial charge in [-0.1, -0.05) is 36.4 Å². The van der Waals surface area contributed by atoms with Crippen molar-refractivity contribution in [1.82, 2.24) is 10.2 Å². The Balaban J connectivity index is 2.13. The maximum Gasteiger partial charge on any atom is 0.353 e. The van der Waals surface area contributed by atoms with Gasteiger partial charge in [0.25, 0.3) is 0 Å². The summed E-state index contributed by atoms with van der Waals surface area (Å²) in [6, 6.07) is 8.82. The third-order valence-corrected chi connectivity index (χ3v) is 2.64. The highest BCUT2D eigenvalue weighted by molar-refractivity contribution is 5.86. The van der Waals surface area contributed by atoms with Gasteiger partial charge in [0.2, 0.25) is 5.91 Å². The molecule has 6 nitrogen and oxygen atoms in total. The van der Waals surface area contributed by atoms with Crippen LogP contribution in [0.15, 0.2) is 36.4 Å². The van der Waals surface area contributed by atoms with Crippen molar-refractivity contribution in [1.29, 1.82) is 0 Å². The van der Waals surface area contributed by atoms with Crippen LogP contribution in [0.4, 0.5) is 0 Å². The number of aromatic carboxylic acids is 1. The van der Waals surface area contributed by atoms with Gasteiger partial charge in [-0.15, -0.1) is 0 Å². The zero-order valence-corrected chi connectivity index (χ0v) is 10.5. The maximum absolute atomic E-state index is 10.8. The Morgan fingerprint density at radius 1 is 1.30 bits per heavy atom. The van der Waals surface area contributed by atoms with Gasteiger partial charge < -0.3 is 10.8 Å². The lowest BCUT2D eigenvalue weighted by atomic mass is 10.1. The summed E-state index contributed by atoms with van der Waals surface area (Å²) < 4.78 is 0. The standard InChI is InChI=1S/C14H13N3O3/c15-13(18)3-1-2-9-4-6-10(7-5-9)11-8-12(14(19)20)17-16-11/h1-2,4-8H,3H2,(H2,15,18)(H,16,17)(H,19,20). The summed E-state index contributed by atoms with van der Waals surface area (Å²) >= 11 is 0. The minimum atomic E-state index is -1.05. The van der Waals surface area contributed by atoms with Crippen LogP contribution in [0.1, 0.15) is 22.5 Å². The number of amides is 1. The van der Waals surface area contributed by atoms with Crippen molar-refractivity contribution in [2.24, 2.45) is 5.73 Å². The van der Waals surface area contributed by atoms with Crippen molar-refractivity contribution >= 4 is 18.0 Å². The highest BCUT2D eigenvalue weighted by Crippen LogP contribution is 2.18. The van der Waals surface area contributed by atoms with Gasteiger partial charge in [0.05, 0.1) is 5.69 Å². The topological polar surface area (TPSA) is 109 Å². The van der Waals surface area contributed by atoms with E-state index in [2.05, 4.69) is 10.2 Å². The number of carbonyl (C=O) groups excluding carboxylic acids is 1. The number of hydrogen-bond donors (Lipinski definition) is 3. The second kappa shape index (κ2) is 5.83. The van der Waals surface area contributed by atoms with Gasteiger partial charge in [-0.05, 0) is 11.6 Å². The number of carboxylic acids is 1. The molecule has 0 spiro atoms. The summed E-state index contributed by atoms with van der Waals surface area (Å²) in [5.41, 5.74) is 7.37. The van der Waals surface area contributed by atoms with Crippen molar-refractivity contribution in [3.05, 3.63) is 47.7 Å². The molecule has 2 rings (SSSR count). The smallest absolute Gasteiger partial charge is 0.353 e. The van der Waals surface area contributed by atoms with E-state index in [0.717, 1.165) is 11.1 Å². The molecular weight excluding hydrogens is 258 g/mol. The van der Waals surface area contributed by atoms with Crippen LogP contribution in [0.3, 0.4) is 0 Å². The van der Waals surface area contributed by atoms with Crippen LogP contribution in [0.5, 0.6) is 0 Å². The van der Waals surface area contributed by atoms with Crippen molar-refractivity contribution in [2.45, 2.75) is 6.42 Å². The fourth-order valence-electron chi connectivity index (χ4n) is 1.66. The van der Waals surface area contributed by atoms with E-state index in [4.69, 9.17) is 10.8 Å². The lowest BCUT2D eigenvalue weighted by molar-refractivity contribution is -0.117. The van der Waals surface area contributed by atoms with E-state index >= 15 is 0 Å². The Labute approximate surface area is 114 Å². The number of nitrogens with one attached hydrogen (secondary N) is 1. The molecule has 0 saturated carbocycles. The Morgan fingerprint density at radius 2 is 2.00 bits per heavy atom. The molecule has 1 heterocycles. The van der Waals surface area contributed by atoms with E-state index in [0.29, 0.717) is 5.69 Å². The lowest BCUT2D eigenvalue weighted by Gasteiger charge is -1.97. The Morgan fingerprint density at radius 3 is 2.55 bits per heavy atom. The van der Waals surface area contributed by atoms with Crippen molar-refractivity contribution in [2.75, 3.05) is 0 Å². The molecule has 0 bridgehead atoms. The predicted molar refractivity (Wildman–Crippen MR) is 73.8 cm³/mol. The molecule has 0 aliphatic rings. The summed E-state index contributed by atoms with van der Waals surface area (Å²) in [7, 11) is 0. The van der Waals surface area contributed by atoms with E-state index in [9.17, 15) is 9.59 Å². The average Bonchev–Trinajstić information content (AvgIpc) is 2.89. The molecule has 20 heavy (non-hydrogen) atoms. The number of rotatable bonds is 5. The van der Waals surface area contributed by atoms with Gasteiger partial charge in [-0.25, -0.2) is 4.79 Å². The summed E-state index contributed by atoms with van der Waals surface area (Å²) in [6.07, 6.45) is 3.68. The Bertz CT molecular complexity index is 657. The Kier molecular flexibility index (Phi) is 3.95. The zero-order valence-electron chi connectivity index (χ0n) is 10.5. The molecule has 0 radical (unpaired) electrons. The van der Waals surface area contributed by atoms with Crippen LogP contribution >= 0.6 is 0 Å². The van der Waals surface area contributed by atoms with Crippen LogP contribution in [0, 0.1) is 0 Å². The number of aromatic nitrogens is 2. The van der Waals surface area contributed by atoms with Crippen LogP contribution in [0.2, 0.25) is 0 Å². The van der Waals surface area contributed by atoms with Gasteiger partial charge in [0.15, 0.2) is 0 Å². The van der Waals surface area contributed by atoms with Gasteiger partial charge >= 0.3 is 5.97 Å². The van der Waals surface area contributed by atoms with E-state index in [1.807, 2.05) is 24.3 Å². The predicted octanol–water partition coefficient (Wildman–Crippen LogP) is 1.66. The molecule has 0 atom stereocenters. The number of H-pyrrole nitrogens is 1. The third-order valence-electron chi connectivity index (χ3n) is 2.64. The van der Waals surface area contributed by atoms with Gasteiger partial charge in [0, 0.05) is 12.0 Å². The number of benzene rings is 1. The Hall–Kier alpha value is -2.89. The fraction of sp³-hybridized carbons (Fsp3) is 0.0714.